The molecule has 1 aromatic heterocycles. The Hall–Kier alpha value is -2.24. The lowest BCUT2D eigenvalue weighted by molar-refractivity contribution is -0.144. The van der Waals surface area contributed by atoms with Gasteiger partial charge in [-0.2, -0.15) is 0 Å². The molecule has 0 aliphatic heterocycles. The summed E-state index contributed by atoms with van der Waals surface area (Å²) in [5.41, 5.74) is -0.237. The second kappa shape index (κ2) is 11.6. The molecule has 156 valence electrons. The normalized spacial score (nSPS) is 12.4. The van der Waals surface area contributed by atoms with Gasteiger partial charge in [-0.3, -0.25) is 14.4 Å². The number of hydrogen-bond donors (Lipinski definition) is 0. The van der Waals surface area contributed by atoms with Crippen molar-refractivity contribution in [3.05, 3.63) is 23.7 Å². The molecular formula is C22H32O6. The molecule has 0 radical (unpaired) electrons. The molecule has 1 unspecified atom stereocenters. The third kappa shape index (κ3) is 8.19. The van der Waals surface area contributed by atoms with Crippen LogP contribution in [0.25, 0.3) is 0 Å². The molecule has 0 amide bonds. The number of ketones is 2. The SMILES string of the molecule is CCOC(=O)CCC(=O)CCc1ccc(C(=O)C(CC)CC(C)(C)CC=O)o1. The summed E-state index contributed by atoms with van der Waals surface area (Å²) in [6.45, 7) is 7.94. The van der Waals surface area contributed by atoms with Crippen molar-refractivity contribution in [3.8, 4) is 0 Å². The lowest BCUT2D eigenvalue weighted by Crippen LogP contribution is -2.23. The number of aryl methyl sites for hydroxylation is 1. The van der Waals surface area contributed by atoms with Gasteiger partial charge in [-0.1, -0.05) is 20.8 Å². The molecule has 0 saturated heterocycles. The van der Waals surface area contributed by atoms with Crippen LogP contribution in [0.15, 0.2) is 16.5 Å². The van der Waals surface area contributed by atoms with Gasteiger partial charge in [0.25, 0.3) is 0 Å². The summed E-state index contributed by atoms with van der Waals surface area (Å²) in [4.78, 5) is 46.7. The molecule has 1 atom stereocenters. The predicted octanol–water partition coefficient (Wildman–Crippen LogP) is 4.34. The molecule has 1 aromatic rings. The highest BCUT2D eigenvalue weighted by Gasteiger charge is 2.28. The Bertz CT molecular complexity index is 670. The maximum absolute atomic E-state index is 12.7. The third-order valence-electron chi connectivity index (χ3n) is 4.77. The highest BCUT2D eigenvalue weighted by Crippen LogP contribution is 2.32. The molecule has 1 heterocycles. The molecule has 0 fully saturated rings. The number of Topliss-reactive ketones (excluding diaryl/α,β-unsaturated/α-hetero) is 2. The van der Waals surface area contributed by atoms with Gasteiger partial charge in [0, 0.05) is 31.6 Å². The average molecular weight is 392 g/mol. The third-order valence-corrected chi connectivity index (χ3v) is 4.77. The lowest BCUT2D eigenvalue weighted by Gasteiger charge is -2.26. The number of rotatable bonds is 14. The van der Waals surface area contributed by atoms with Gasteiger partial charge in [0.1, 0.15) is 17.8 Å². The van der Waals surface area contributed by atoms with Crippen LogP contribution in [0.4, 0.5) is 0 Å². The standard InChI is InChI=1S/C22H32O6/c1-5-16(15-22(3,4)13-14-23)21(26)19-11-10-18(28-19)9-7-17(24)8-12-20(25)27-6-2/h10-11,14,16H,5-9,12-13,15H2,1-4H3. The molecule has 28 heavy (non-hydrogen) atoms. The summed E-state index contributed by atoms with van der Waals surface area (Å²) in [7, 11) is 0. The Morgan fingerprint density at radius 2 is 1.86 bits per heavy atom. The number of carbonyl (C=O) groups excluding carboxylic acids is 4. The number of ether oxygens (including phenoxy) is 1. The molecule has 0 bridgehead atoms. The Balaban J connectivity index is 2.57. The number of furan rings is 1. The van der Waals surface area contributed by atoms with E-state index >= 15 is 0 Å². The zero-order valence-corrected chi connectivity index (χ0v) is 17.4. The van der Waals surface area contributed by atoms with Crippen LogP contribution >= 0.6 is 0 Å². The molecular weight excluding hydrogens is 360 g/mol. The fourth-order valence-corrected chi connectivity index (χ4v) is 3.11. The van der Waals surface area contributed by atoms with E-state index in [2.05, 4.69) is 0 Å². The van der Waals surface area contributed by atoms with E-state index in [1.165, 1.54) is 0 Å². The molecule has 1 rings (SSSR count). The van der Waals surface area contributed by atoms with Crippen LogP contribution in [0.5, 0.6) is 0 Å². The number of hydrogen-bond acceptors (Lipinski definition) is 6. The van der Waals surface area contributed by atoms with Crippen LogP contribution in [0.1, 0.15) is 82.5 Å². The molecule has 0 aromatic carbocycles. The fourth-order valence-electron chi connectivity index (χ4n) is 3.11. The average Bonchev–Trinajstić information content (AvgIpc) is 3.11. The monoisotopic (exact) mass is 392 g/mol. The van der Waals surface area contributed by atoms with Gasteiger partial charge in [-0.15, -0.1) is 0 Å². The van der Waals surface area contributed by atoms with E-state index in [4.69, 9.17) is 9.15 Å². The fraction of sp³-hybridized carbons (Fsp3) is 0.636. The minimum Gasteiger partial charge on any atom is -0.466 e. The van der Waals surface area contributed by atoms with Gasteiger partial charge in [0.15, 0.2) is 5.76 Å². The quantitative estimate of drug-likeness (QED) is 0.266. The van der Waals surface area contributed by atoms with Gasteiger partial charge in [-0.05, 0) is 37.3 Å². The molecule has 6 heteroatoms. The minimum absolute atomic E-state index is 0.0422. The van der Waals surface area contributed by atoms with Crippen molar-refractivity contribution in [2.75, 3.05) is 6.61 Å². The van der Waals surface area contributed by atoms with Crippen LogP contribution in [0.2, 0.25) is 0 Å². The van der Waals surface area contributed by atoms with E-state index in [-0.39, 0.29) is 48.1 Å². The molecule has 0 aliphatic rings. The van der Waals surface area contributed by atoms with Gasteiger partial charge in [-0.25, -0.2) is 0 Å². The number of carbonyl (C=O) groups is 4. The van der Waals surface area contributed by atoms with Gasteiger partial charge in [0.2, 0.25) is 5.78 Å². The maximum Gasteiger partial charge on any atom is 0.306 e. The molecule has 0 spiro atoms. The molecule has 0 aliphatic carbocycles. The van der Waals surface area contributed by atoms with Crippen molar-refractivity contribution in [1.82, 2.24) is 0 Å². The van der Waals surface area contributed by atoms with Crippen molar-refractivity contribution >= 4 is 23.8 Å². The van der Waals surface area contributed by atoms with Crippen LogP contribution < -0.4 is 0 Å². The second-order valence-corrected chi connectivity index (χ2v) is 7.82. The van der Waals surface area contributed by atoms with Gasteiger partial charge < -0.3 is 13.9 Å². The van der Waals surface area contributed by atoms with E-state index < -0.39 is 0 Å². The zero-order chi connectivity index (χ0) is 21.2. The minimum atomic E-state index is -0.371. The van der Waals surface area contributed by atoms with E-state index in [1.54, 1.807) is 19.1 Å². The Morgan fingerprint density at radius 3 is 2.46 bits per heavy atom. The first kappa shape index (κ1) is 23.8. The first-order chi connectivity index (χ1) is 13.2. The highest BCUT2D eigenvalue weighted by atomic mass is 16.5. The lowest BCUT2D eigenvalue weighted by atomic mass is 9.78. The Labute approximate surface area is 167 Å². The van der Waals surface area contributed by atoms with Gasteiger partial charge >= 0.3 is 5.97 Å². The van der Waals surface area contributed by atoms with E-state index in [0.29, 0.717) is 43.8 Å². The van der Waals surface area contributed by atoms with Crippen molar-refractivity contribution in [1.29, 1.82) is 0 Å². The summed E-state index contributed by atoms with van der Waals surface area (Å²) in [5, 5.41) is 0. The van der Waals surface area contributed by atoms with Crippen molar-refractivity contribution in [2.24, 2.45) is 11.3 Å². The largest absolute Gasteiger partial charge is 0.466 e. The van der Waals surface area contributed by atoms with Crippen molar-refractivity contribution < 1.29 is 28.3 Å². The first-order valence-corrected chi connectivity index (χ1v) is 9.96. The van der Waals surface area contributed by atoms with Crippen LogP contribution in [-0.2, 0) is 25.5 Å². The highest BCUT2D eigenvalue weighted by molar-refractivity contribution is 5.95. The van der Waals surface area contributed by atoms with Crippen LogP contribution in [-0.4, -0.2) is 30.4 Å². The van der Waals surface area contributed by atoms with Crippen LogP contribution in [0, 0.1) is 11.3 Å². The van der Waals surface area contributed by atoms with E-state index in [1.807, 2.05) is 20.8 Å². The molecule has 0 saturated carbocycles. The van der Waals surface area contributed by atoms with E-state index in [0.717, 1.165) is 6.29 Å². The van der Waals surface area contributed by atoms with Crippen molar-refractivity contribution in [3.63, 3.8) is 0 Å². The maximum atomic E-state index is 12.7. The Kier molecular flexibility index (Phi) is 9.83. The number of esters is 1. The predicted molar refractivity (Wildman–Crippen MR) is 105 cm³/mol. The topological polar surface area (TPSA) is 90.7 Å². The summed E-state index contributed by atoms with van der Waals surface area (Å²) < 4.78 is 10.5. The van der Waals surface area contributed by atoms with Crippen LogP contribution in [0.3, 0.4) is 0 Å². The Morgan fingerprint density at radius 1 is 1.14 bits per heavy atom. The summed E-state index contributed by atoms with van der Waals surface area (Å²) in [5.74, 6) is 0.184. The molecule has 6 nitrogen and oxygen atoms in total. The first-order valence-electron chi connectivity index (χ1n) is 9.96. The zero-order valence-electron chi connectivity index (χ0n) is 17.4. The summed E-state index contributed by atoms with van der Waals surface area (Å²) >= 11 is 0. The second-order valence-electron chi connectivity index (χ2n) is 7.82. The van der Waals surface area contributed by atoms with E-state index in [9.17, 15) is 19.2 Å². The smallest absolute Gasteiger partial charge is 0.306 e. The summed E-state index contributed by atoms with van der Waals surface area (Å²) in [6, 6.07) is 3.37. The molecule has 0 N–H and O–H groups in total. The van der Waals surface area contributed by atoms with Crippen molar-refractivity contribution in [2.45, 2.75) is 72.6 Å². The van der Waals surface area contributed by atoms with Gasteiger partial charge in [0.05, 0.1) is 13.0 Å². The summed E-state index contributed by atoms with van der Waals surface area (Å²) in [6.07, 6.45) is 3.47. The number of aldehydes is 1.